The molecule has 2 amide bonds. The highest BCUT2D eigenvalue weighted by Gasteiger charge is 2.38. The molecule has 3 fully saturated rings. The highest BCUT2D eigenvalue weighted by Crippen LogP contribution is 2.30. The number of rotatable bonds is 4. The normalized spacial score (nSPS) is 27.1. The summed E-state index contributed by atoms with van der Waals surface area (Å²) in [4.78, 5) is 18.7. The van der Waals surface area contributed by atoms with Crippen molar-refractivity contribution in [2.45, 2.75) is 50.3 Å². The van der Waals surface area contributed by atoms with Crippen molar-refractivity contribution in [3.63, 3.8) is 0 Å². The third-order valence-corrected chi connectivity index (χ3v) is 9.12. The van der Waals surface area contributed by atoms with Crippen LogP contribution in [0.3, 0.4) is 0 Å². The van der Waals surface area contributed by atoms with Gasteiger partial charge in [0.25, 0.3) is 0 Å². The second-order valence-corrected chi connectivity index (χ2v) is 11.3. The molecule has 0 spiro atoms. The van der Waals surface area contributed by atoms with E-state index in [1.54, 1.807) is 20.5 Å². The number of benzene rings is 1. The summed E-state index contributed by atoms with van der Waals surface area (Å²) in [7, 11) is -3.06. The van der Waals surface area contributed by atoms with Crippen molar-refractivity contribution in [1.29, 1.82) is 0 Å². The number of ether oxygens (including phenoxy) is 1. The van der Waals surface area contributed by atoms with Crippen LogP contribution in [0.1, 0.15) is 32.1 Å². The van der Waals surface area contributed by atoms with E-state index in [1.165, 1.54) is 0 Å². The maximum atomic E-state index is 12.5. The average molecular weight is 451 g/mol. The average Bonchev–Trinajstić information content (AvgIpc) is 3.31. The molecule has 1 aromatic carbocycles. The van der Waals surface area contributed by atoms with Gasteiger partial charge < -0.3 is 15.0 Å². The lowest BCUT2D eigenvalue weighted by molar-refractivity contribution is 0.0435. The molecule has 0 unspecified atom stereocenters. The number of hydrogen-bond acceptors (Lipinski definition) is 6. The van der Waals surface area contributed by atoms with Crippen LogP contribution in [0, 0.1) is 0 Å². The van der Waals surface area contributed by atoms with Gasteiger partial charge in [0.15, 0.2) is 0 Å². The Hall–Kier alpha value is -1.91. The quantitative estimate of drug-likeness (QED) is 0.772. The number of nitrogens with zero attached hydrogens (tertiary/aromatic N) is 3. The molecule has 1 aromatic heterocycles. The first kappa shape index (κ1) is 20.0. The Bertz CT molecular complexity index is 1030. The highest BCUT2D eigenvalue weighted by molar-refractivity contribution is 7.89. The van der Waals surface area contributed by atoms with Crippen LogP contribution in [-0.4, -0.2) is 72.2 Å². The third kappa shape index (κ3) is 3.88. The fraction of sp³-hybridized carbons (Fsp3) is 0.600. The molecule has 30 heavy (non-hydrogen) atoms. The van der Waals surface area contributed by atoms with Gasteiger partial charge in [-0.25, -0.2) is 18.2 Å². The van der Waals surface area contributed by atoms with Crippen LogP contribution in [0.15, 0.2) is 23.7 Å². The molecule has 2 saturated heterocycles. The number of hydrogen-bond donors (Lipinski definition) is 1. The zero-order valence-corrected chi connectivity index (χ0v) is 18.3. The number of carbonyl (C=O) groups excluding carboxylic acids is 1. The number of nitrogens with one attached hydrogen (secondary N) is 1. The molecule has 2 aromatic rings. The lowest BCUT2D eigenvalue weighted by Crippen LogP contribution is -2.60. The van der Waals surface area contributed by atoms with E-state index in [9.17, 15) is 13.2 Å². The van der Waals surface area contributed by atoms with Crippen LogP contribution < -0.4 is 10.1 Å². The molecule has 8 nitrogen and oxygen atoms in total. The molecule has 0 radical (unpaired) electrons. The minimum Gasteiger partial charge on any atom is -0.484 e. The number of amides is 2. The molecule has 2 aliphatic heterocycles. The van der Waals surface area contributed by atoms with Gasteiger partial charge in [-0.05, 0) is 44.2 Å². The Labute approximate surface area is 180 Å². The molecule has 1 aliphatic carbocycles. The first-order valence-electron chi connectivity index (χ1n) is 10.5. The number of thiazole rings is 1. The van der Waals surface area contributed by atoms with Crippen LogP contribution in [0.4, 0.5) is 4.79 Å². The Morgan fingerprint density at radius 3 is 2.73 bits per heavy atom. The molecule has 5 rings (SSSR count). The van der Waals surface area contributed by atoms with Gasteiger partial charge in [0.1, 0.15) is 17.4 Å². The lowest BCUT2D eigenvalue weighted by Gasteiger charge is -2.40. The van der Waals surface area contributed by atoms with E-state index in [0.29, 0.717) is 19.6 Å². The summed E-state index contributed by atoms with van der Waals surface area (Å²) < 4.78 is 33.0. The number of para-hydroxylation sites is 1. The minimum absolute atomic E-state index is 0.0147. The fourth-order valence-electron chi connectivity index (χ4n) is 4.66. The monoisotopic (exact) mass is 450 g/mol. The van der Waals surface area contributed by atoms with Gasteiger partial charge in [-0.1, -0.05) is 6.07 Å². The van der Waals surface area contributed by atoms with Gasteiger partial charge in [0.2, 0.25) is 10.0 Å². The van der Waals surface area contributed by atoms with Crippen molar-refractivity contribution in [3.05, 3.63) is 23.7 Å². The molecule has 1 saturated carbocycles. The summed E-state index contributed by atoms with van der Waals surface area (Å²) in [6, 6.07) is 6.06. The predicted octanol–water partition coefficient (Wildman–Crippen LogP) is 2.42. The first-order valence-corrected chi connectivity index (χ1v) is 13.0. The summed E-state index contributed by atoms with van der Waals surface area (Å²) >= 11 is 1.58. The maximum absolute atomic E-state index is 12.5. The van der Waals surface area contributed by atoms with Gasteiger partial charge in [-0.3, -0.25) is 0 Å². The lowest BCUT2D eigenvalue weighted by atomic mass is 9.91. The van der Waals surface area contributed by atoms with Crippen molar-refractivity contribution in [2.24, 2.45) is 0 Å². The topological polar surface area (TPSA) is 91.8 Å². The van der Waals surface area contributed by atoms with E-state index in [-0.39, 0.29) is 30.0 Å². The van der Waals surface area contributed by atoms with Crippen LogP contribution in [0.2, 0.25) is 0 Å². The highest BCUT2D eigenvalue weighted by atomic mass is 32.2. The number of carbonyl (C=O) groups is 1. The van der Waals surface area contributed by atoms with Crippen LogP contribution in [0.25, 0.3) is 10.2 Å². The second kappa shape index (κ2) is 7.97. The molecule has 3 heterocycles. The molecule has 0 bridgehead atoms. The number of fused-ring (bicyclic) bond motifs is 1. The Morgan fingerprint density at radius 2 is 2.00 bits per heavy atom. The molecule has 10 heteroatoms. The zero-order chi connectivity index (χ0) is 20.7. The van der Waals surface area contributed by atoms with E-state index in [1.807, 2.05) is 23.7 Å². The van der Waals surface area contributed by atoms with E-state index in [2.05, 4.69) is 10.3 Å². The van der Waals surface area contributed by atoms with Crippen molar-refractivity contribution in [1.82, 2.24) is 19.5 Å². The van der Waals surface area contributed by atoms with E-state index in [4.69, 9.17) is 4.74 Å². The Morgan fingerprint density at radius 1 is 1.20 bits per heavy atom. The van der Waals surface area contributed by atoms with E-state index < -0.39 is 10.0 Å². The van der Waals surface area contributed by atoms with Crippen LogP contribution in [-0.2, 0) is 10.0 Å². The van der Waals surface area contributed by atoms with Crippen LogP contribution >= 0.6 is 11.3 Å². The van der Waals surface area contributed by atoms with Crippen molar-refractivity contribution in [2.75, 3.05) is 25.4 Å². The molecule has 162 valence electrons. The van der Waals surface area contributed by atoms with Gasteiger partial charge in [-0.15, -0.1) is 11.3 Å². The molecule has 3 aliphatic rings. The first-order chi connectivity index (χ1) is 14.5. The maximum Gasteiger partial charge on any atom is 0.317 e. The number of urea groups is 1. The third-order valence-electron chi connectivity index (χ3n) is 6.32. The number of aromatic nitrogens is 1. The van der Waals surface area contributed by atoms with E-state index >= 15 is 0 Å². The van der Waals surface area contributed by atoms with Crippen LogP contribution in [0.5, 0.6) is 5.75 Å². The molecular formula is C20H26N4O4S2. The molecular weight excluding hydrogens is 424 g/mol. The molecule has 1 N–H and O–H groups in total. The van der Waals surface area contributed by atoms with Gasteiger partial charge in [0, 0.05) is 18.6 Å². The summed E-state index contributed by atoms with van der Waals surface area (Å²) in [5, 5.41) is 3.12. The summed E-state index contributed by atoms with van der Waals surface area (Å²) in [5.41, 5.74) is 2.69. The smallest absolute Gasteiger partial charge is 0.317 e. The van der Waals surface area contributed by atoms with Gasteiger partial charge in [0.05, 0.1) is 29.1 Å². The second-order valence-electron chi connectivity index (χ2n) is 8.34. The number of sulfonamides is 1. The predicted molar refractivity (Wildman–Crippen MR) is 115 cm³/mol. The largest absolute Gasteiger partial charge is 0.484 e. The Balaban J connectivity index is 1.07. The zero-order valence-electron chi connectivity index (χ0n) is 16.7. The van der Waals surface area contributed by atoms with Gasteiger partial charge in [-0.2, -0.15) is 4.31 Å². The standard InChI is InChI=1S/C20H26N4O4S2/c25-20(22-14-5-7-15(8-6-14)24-9-2-10-30(24,26)27)23-11-16(12-23)28-17-3-1-4-18-19(17)21-13-29-18/h1,3-4,13-16H,2,5-12H2,(H,22,25). The van der Waals surface area contributed by atoms with Gasteiger partial charge >= 0.3 is 6.03 Å². The number of likely N-dealkylation sites (tertiary alicyclic amines) is 1. The van der Waals surface area contributed by atoms with E-state index in [0.717, 1.165) is 48.1 Å². The van der Waals surface area contributed by atoms with Crippen molar-refractivity contribution >= 4 is 37.6 Å². The summed E-state index contributed by atoms with van der Waals surface area (Å²) in [5.74, 6) is 1.05. The Kier molecular flexibility index (Phi) is 5.32. The molecule has 0 atom stereocenters. The SMILES string of the molecule is O=C(NC1CCC(N2CCCS2(=O)=O)CC1)N1CC(Oc2cccc3scnc23)C1. The van der Waals surface area contributed by atoms with Crippen molar-refractivity contribution < 1.29 is 17.9 Å². The fourth-order valence-corrected chi connectivity index (χ4v) is 7.15. The minimum atomic E-state index is -3.06. The summed E-state index contributed by atoms with van der Waals surface area (Å²) in [6.45, 7) is 1.77. The summed E-state index contributed by atoms with van der Waals surface area (Å²) in [6.07, 6.45) is 3.98. The van der Waals surface area contributed by atoms with Crippen molar-refractivity contribution in [3.8, 4) is 5.75 Å².